The first-order chi connectivity index (χ1) is 10.9. The van der Waals surface area contributed by atoms with Crippen LogP contribution in [0.15, 0.2) is 52.1 Å². The van der Waals surface area contributed by atoms with Crippen molar-refractivity contribution in [1.29, 1.82) is 0 Å². The molecular weight excluding hydrogens is 300 g/mol. The Balaban J connectivity index is 1.86. The van der Waals surface area contributed by atoms with E-state index in [1.807, 2.05) is 36.4 Å². The van der Waals surface area contributed by atoms with E-state index in [-0.39, 0.29) is 6.61 Å². The van der Waals surface area contributed by atoms with Crippen LogP contribution in [0.1, 0.15) is 0 Å². The molecule has 0 saturated heterocycles. The lowest BCUT2D eigenvalue weighted by atomic mass is 10.2. The maximum absolute atomic E-state index is 8.70. The van der Waals surface area contributed by atoms with Gasteiger partial charge in [0.25, 0.3) is 0 Å². The van der Waals surface area contributed by atoms with E-state index >= 15 is 0 Å². The minimum Gasteiger partial charge on any atom is -0.461 e. The van der Waals surface area contributed by atoms with Crippen molar-refractivity contribution in [3.8, 4) is 11.6 Å². The molecule has 3 rings (SSSR count). The second kappa shape index (κ2) is 7.40. The van der Waals surface area contributed by atoms with Gasteiger partial charge in [-0.05, 0) is 18.2 Å². The van der Waals surface area contributed by atoms with E-state index in [2.05, 4.69) is 9.97 Å². The number of benzene rings is 1. The average molecular weight is 316 g/mol. The molecule has 0 aliphatic heterocycles. The van der Waals surface area contributed by atoms with Crippen LogP contribution in [0, 0.1) is 0 Å². The van der Waals surface area contributed by atoms with Crippen molar-refractivity contribution >= 4 is 22.7 Å². The Morgan fingerprint density at radius 2 is 2.00 bits per heavy atom. The minimum absolute atomic E-state index is 0.0454. The summed E-state index contributed by atoms with van der Waals surface area (Å²) >= 11 is 1.61. The molecule has 22 heavy (non-hydrogen) atoms. The smallest absolute Gasteiger partial charge is 0.197 e. The van der Waals surface area contributed by atoms with Crippen molar-refractivity contribution in [1.82, 2.24) is 9.97 Å². The molecule has 0 fully saturated rings. The van der Waals surface area contributed by atoms with Crippen LogP contribution in [0.5, 0.6) is 0 Å². The Morgan fingerprint density at radius 3 is 2.82 bits per heavy atom. The van der Waals surface area contributed by atoms with E-state index in [1.165, 1.54) is 0 Å². The summed E-state index contributed by atoms with van der Waals surface area (Å²) in [5, 5.41) is 10.6. The van der Waals surface area contributed by atoms with E-state index in [4.69, 9.17) is 14.3 Å². The molecule has 5 nitrogen and oxygen atoms in total. The summed E-state index contributed by atoms with van der Waals surface area (Å²) in [6.07, 6.45) is 1.61. The molecule has 3 aromatic rings. The zero-order chi connectivity index (χ0) is 15.2. The number of nitrogens with zero attached hydrogens (tertiary/aromatic N) is 2. The SMILES string of the molecule is OCCOCCSc1nc(-c2ccco2)nc2ccccc12. The highest BCUT2D eigenvalue weighted by Crippen LogP contribution is 2.28. The Labute approximate surface area is 132 Å². The van der Waals surface area contributed by atoms with Gasteiger partial charge >= 0.3 is 0 Å². The van der Waals surface area contributed by atoms with Gasteiger partial charge in [-0.1, -0.05) is 18.2 Å². The third-order valence-corrected chi connectivity index (χ3v) is 3.97. The van der Waals surface area contributed by atoms with Gasteiger partial charge in [-0.25, -0.2) is 9.97 Å². The third-order valence-electron chi connectivity index (χ3n) is 3.01. The number of fused-ring (bicyclic) bond motifs is 1. The standard InChI is InChI=1S/C16H16N2O3S/c19-7-9-20-10-11-22-16-12-4-1-2-5-13(12)17-15(18-16)14-6-3-8-21-14/h1-6,8,19H,7,9-11H2. The molecule has 0 radical (unpaired) electrons. The molecule has 0 aliphatic carbocycles. The molecule has 1 aromatic carbocycles. The van der Waals surface area contributed by atoms with Crippen LogP contribution in [-0.4, -0.2) is 40.6 Å². The number of aliphatic hydroxyl groups excluding tert-OH is 1. The van der Waals surface area contributed by atoms with E-state index in [0.29, 0.717) is 24.8 Å². The molecule has 1 N–H and O–H groups in total. The summed E-state index contributed by atoms with van der Waals surface area (Å²) in [6, 6.07) is 11.6. The Bertz CT molecular complexity index is 731. The van der Waals surface area contributed by atoms with Crippen LogP contribution in [0.2, 0.25) is 0 Å². The quantitative estimate of drug-likeness (QED) is 0.410. The van der Waals surface area contributed by atoms with E-state index in [0.717, 1.165) is 21.7 Å². The van der Waals surface area contributed by atoms with Crippen molar-refractivity contribution in [2.75, 3.05) is 25.6 Å². The lowest BCUT2D eigenvalue weighted by molar-refractivity contribution is 0.103. The van der Waals surface area contributed by atoms with Crippen LogP contribution in [0.25, 0.3) is 22.5 Å². The maximum Gasteiger partial charge on any atom is 0.197 e. The Hall–Kier alpha value is -1.89. The first kappa shape index (κ1) is 15.0. The predicted octanol–water partition coefficient (Wildman–Crippen LogP) is 2.99. The molecule has 0 unspecified atom stereocenters. The average Bonchev–Trinajstić information content (AvgIpc) is 3.09. The largest absolute Gasteiger partial charge is 0.461 e. The zero-order valence-electron chi connectivity index (χ0n) is 11.9. The van der Waals surface area contributed by atoms with Gasteiger partial charge in [0.15, 0.2) is 11.6 Å². The predicted molar refractivity (Wildman–Crippen MR) is 85.9 cm³/mol. The number of thioether (sulfide) groups is 1. The Kier molecular flexibility index (Phi) is 5.05. The first-order valence-corrected chi connectivity index (χ1v) is 7.99. The van der Waals surface area contributed by atoms with Gasteiger partial charge in [0, 0.05) is 11.1 Å². The van der Waals surface area contributed by atoms with Gasteiger partial charge < -0.3 is 14.3 Å². The van der Waals surface area contributed by atoms with Crippen molar-refractivity contribution in [2.45, 2.75) is 5.03 Å². The van der Waals surface area contributed by atoms with Crippen molar-refractivity contribution in [3.05, 3.63) is 42.7 Å². The van der Waals surface area contributed by atoms with Gasteiger partial charge in [0.2, 0.25) is 0 Å². The number of furan rings is 1. The van der Waals surface area contributed by atoms with Gasteiger partial charge in [0.05, 0.1) is 31.6 Å². The van der Waals surface area contributed by atoms with Crippen LogP contribution in [0.3, 0.4) is 0 Å². The normalized spacial score (nSPS) is 11.1. The number of ether oxygens (including phenoxy) is 1. The van der Waals surface area contributed by atoms with Gasteiger partial charge in [-0.2, -0.15) is 0 Å². The summed E-state index contributed by atoms with van der Waals surface area (Å²) in [4.78, 5) is 9.17. The monoisotopic (exact) mass is 316 g/mol. The van der Waals surface area contributed by atoms with Crippen LogP contribution < -0.4 is 0 Å². The fourth-order valence-electron chi connectivity index (χ4n) is 2.04. The second-order valence-corrected chi connectivity index (χ2v) is 5.61. The Morgan fingerprint density at radius 1 is 1.09 bits per heavy atom. The summed E-state index contributed by atoms with van der Waals surface area (Å²) in [6.45, 7) is 0.978. The van der Waals surface area contributed by atoms with Crippen molar-refractivity contribution in [2.24, 2.45) is 0 Å². The topological polar surface area (TPSA) is 68.4 Å². The first-order valence-electron chi connectivity index (χ1n) is 7.00. The number of aliphatic hydroxyl groups is 1. The van der Waals surface area contributed by atoms with E-state index in [1.54, 1.807) is 18.0 Å². The molecule has 0 amide bonds. The highest BCUT2D eigenvalue weighted by Gasteiger charge is 2.11. The molecule has 0 aliphatic rings. The number of hydrogen-bond donors (Lipinski definition) is 1. The van der Waals surface area contributed by atoms with Crippen LogP contribution >= 0.6 is 11.8 Å². The van der Waals surface area contributed by atoms with Crippen LogP contribution in [0.4, 0.5) is 0 Å². The fourth-order valence-corrected chi connectivity index (χ4v) is 2.91. The summed E-state index contributed by atoms with van der Waals surface area (Å²) < 4.78 is 10.7. The van der Waals surface area contributed by atoms with E-state index < -0.39 is 0 Å². The van der Waals surface area contributed by atoms with Crippen molar-refractivity contribution < 1.29 is 14.3 Å². The van der Waals surface area contributed by atoms with Gasteiger partial charge in [-0.15, -0.1) is 11.8 Å². The molecule has 0 bridgehead atoms. The maximum atomic E-state index is 8.70. The molecule has 6 heteroatoms. The summed E-state index contributed by atoms with van der Waals surface area (Å²) in [5.41, 5.74) is 0.891. The van der Waals surface area contributed by atoms with Gasteiger partial charge in [-0.3, -0.25) is 0 Å². The summed E-state index contributed by atoms with van der Waals surface area (Å²) in [5.74, 6) is 2.00. The highest BCUT2D eigenvalue weighted by atomic mass is 32.2. The number of hydrogen-bond acceptors (Lipinski definition) is 6. The molecule has 0 atom stereocenters. The molecule has 0 spiro atoms. The zero-order valence-corrected chi connectivity index (χ0v) is 12.8. The van der Waals surface area contributed by atoms with Crippen LogP contribution in [-0.2, 0) is 4.74 Å². The third kappa shape index (κ3) is 3.47. The molecular formula is C16H16N2O3S. The number of aromatic nitrogens is 2. The number of rotatable bonds is 7. The lowest BCUT2D eigenvalue weighted by Crippen LogP contribution is -2.03. The fraction of sp³-hybridized carbons (Fsp3) is 0.250. The van der Waals surface area contributed by atoms with E-state index in [9.17, 15) is 0 Å². The molecule has 2 heterocycles. The lowest BCUT2D eigenvalue weighted by Gasteiger charge is -2.07. The van der Waals surface area contributed by atoms with Crippen molar-refractivity contribution in [3.63, 3.8) is 0 Å². The minimum atomic E-state index is 0.0454. The molecule has 2 aromatic heterocycles. The molecule has 114 valence electrons. The summed E-state index contributed by atoms with van der Waals surface area (Å²) in [7, 11) is 0. The molecule has 0 saturated carbocycles. The number of para-hydroxylation sites is 1. The highest BCUT2D eigenvalue weighted by molar-refractivity contribution is 7.99. The van der Waals surface area contributed by atoms with Gasteiger partial charge in [0.1, 0.15) is 5.03 Å². The second-order valence-electron chi connectivity index (χ2n) is 4.53.